The van der Waals surface area contributed by atoms with Crippen molar-refractivity contribution in [3.63, 3.8) is 0 Å². The van der Waals surface area contributed by atoms with E-state index in [9.17, 15) is 0 Å². The average Bonchev–Trinajstić information content (AvgIpc) is 2.85. The van der Waals surface area contributed by atoms with E-state index in [0.717, 1.165) is 12.8 Å². The van der Waals surface area contributed by atoms with Crippen molar-refractivity contribution in [1.82, 2.24) is 0 Å². The molecule has 0 aromatic rings. The van der Waals surface area contributed by atoms with Crippen LogP contribution in [0.5, 0.6) is 0 Å². The summed E-state index contributed by atoms with van der Waals surface area (Å²) in [6.07, 6.45) is 21.5. The zero-order chi connectivity index (χ0) is 9.78. The first-order chi connectivity index (χ1) is 6.41. The molecule has 0 N–H and O–H groups in total. The molecular formula is C13H15Cl2LiTi. The summed E-state index contributed by atoms with van der Waals surface area (Å²) in [5.41, 5.74) is 0. The second kappa shape index (κ2) is 30.0. The maximum absolute atomic E-state index is 3.25. The van der Waals surface area contributed by atoms with Crippen molar-refractivity contribution in [2.45, 2.75) is 12.8 Å². The van der Waals surface area contributed by atoms with Crippen molar-refractivity contribution >= 4 is 0 Å². The number of rotatable bonds is 0. The molecule has 2 rings (SSSR count). The molecule has 0 heterocycles. The molecule has 0 atom stereocenters. The maximum atomic E-state index is 3.25. The molecule has 0 aliphatic heterocycles. The van der Waals surface area contributed by atoms with E-state index in [1.54, 1.807) is 0 Å². The van der Waals surface area contributed by atoms with E-state index in [4.69, 9.17) is 0 Å². The Kier molecular flexibility index (Phi) is 53.7. The van der Waals surface area contributed by atoms with Crippen LogP contribution in [-0.2, 0) is 21.7 Å². The van der Waals surface area contributed by atoms with Gasteiger partial charge in [0.25, 0.3) is 0 Å². The fourth-order valence-corrected chi connectivity index (χ4v) is 0.680. The zero-order valence-electron chi connectivity index (χ0n) is 10.1. The smallest absolute Gasteiger partial charge is 1.00 e. The Bertz CT molecular complexity index is 192. The van der Waals surface area contributed by atoms with Gasteiger partial charge in [0.1, 0.15) is 0 Å². The summed E-state index contributed by atoms with van der Waals surface area (Å²) >= 11 is 0. The van der Waals surface area contributed by atoms with E-state index >= 15 is 0 Å². The molecule has 86 valence electrons. The first-order valence-corrected chi connectivity index (χ1v) is 4.25. The van der Waals surface area contributed by atoms with Crippen molar-refractivity contribution in [1.29, 1.82) is 0 Å². The van der Waals surface area contributed by atoms with E-state index in [1.807, 2.05) is 24.3 Å². The molecule has 0 nitrogen and oxygen atoms in total. The molecule has 0 saturated heterocycles. The van der Waals surface area contributed by atoms with Crippen LogP contribution >= 0.6 is 0 Å². The molecule has 0 amide bonds. The van der Waals surface area contributed by atoms with Gasteiger partial charge >= 0.3 is 40.6 Å². The monoisotopic (exact) mass is 296 g/mol. The Hall–Kier alpha value is 0.462. The first kappa shape index (κ1) is 30.5. The van der Waals surface area contributed by atoms with Crippen molar-refractivity contribution in [3.05, 3.63) is 68.2 Å². The quantitative estimate of drug-likeness (QED) is 0.309. The van der Waals surface area contributed by atoms with Gasteiger partial charge in [-0.15, -0.1) is 12.8 Å². The Morgan fingerprint density at radius 2 is 1.29 bits per heavy atom. The van der Waals surface area contributed by atoms with E-state index in [1.165, 1.54) is 6.08 Å². The molecule has 2 aliphatic carbocycles. The molecule has 2 aliphatic rings. The molecule has 0 bridgehead atoms. The van der Waals surface area contributed by atoms with Gasteiger partial charge in [-0.1, -0.05) is 0 Å². The minimum absolute atomic E-state index is 0. The van der Waals surface area contributed by atoms with Gasteiger partial charge in [-0.25, -0.2) is 43.9 Å². The number of allylic oxidation sites excluding steroid dienone is 9. The van der Waals surface area contributed by atoms with Crippen LogP contribution in [0.25, 0.3) is 0 Å². The fourth-order valence-electron chi connectivity index (χ4n) is 0.680. The maximum Gasteiger partial charge on any atom is 4.00 e. The number of hydrogen-bond donors (Lipinski definition) is 0. The van der Waals surface area contributed by atoms with E-state index < -0.39 is 0 Å². The molecular weight excluding hydrogens is 282 g/mol. The van der Waals surface area contributed by atoms with Crippen molar-refractivity contribution < 1.29 is 65.4 Å². The van der Waals surface area contributed by atoms with Gasteiger partial charge in [0.15, 0.2) is 0 Å². The van der Waals surface area contributed by atoms with Gasteiger partial charge in [-0.3, -0.25) is 12.2 Å². The van der Waals surface area contributed by atoms with Gasteiger partial charge in [0.2, 0.25) is 0 Å². The summed E-state index contributed by atoms with van der Waals surface area (Å²) in [4.78, 5) is 0. The van der Waals surface area contributed by atoms with Gasteiger partial charge in [0.05, 0.1) is 0 Å². The minimum Gasteiger partial charge on any atom is -1.00 e. The van der Waals surface area contributed by atoms with Crippen LogP contribution in [0.4, 0.5) is 0 Å². The third-order valence-corrected chi connectivity index (χ3v) is 1.17. The molecule has 0 aromatic heterocycles. The Morgan fingerprint density at radius 1 is 1.00 bits per heavy atom. The van der Waals surface area contributed by atoms with Crippen molar-refractivity contribution in [2.24, 2.45) is 0 Å². The normalized spacial score (nSPS) is 11.1. The third kappa shape index (κ3) is 31.5. The average molecular weight is 297 g/mol. The predicted octanol–water partition coefficient (Wildman–Crippen LogP) is -5.37. The minimum atomic E-state index is 0. The number of halogens is 2. The summed E-state index contributed by atoms with van der Waals surface area (Å²) in [5.74, 6) is 0. The first-order valence-electron chi connectivity index (χ1n) is 4.25. The summed E-state index contributed by atoms with van der Waals surface area (Å²) in [7, 11) is 0. The molecule has 0 radical (unpaired) electrons. The van der Waals surface area contributed by atoms with Crippen LogP contribution in [-0.4, -0.2) is 0 Å². The molecule has 17 heavy (non-hydrogen) atoms. The predicted molar refractivity (Wildman–Crippen MR) is 58.7 cm³/mol. The fraction of sp³-hybridized carbons (Fsp3) is 0.154. The largest absolute Gasteiger partial charge is 4.00 e. The van der Waals surface area contributed by atoms with Crippen LogP contribution in [0, 0.1) is 19.1 Å². The van der Waals surface area contributed by atoms with Crippen molar-refractivity contribution in [2.75, 3.05) is 0 Å². The van der Waals surface area contributed by atoms with E-state index in [2.05, 4.69) is 37.8 Å². The van der Waals surface area contributed by atoms with Crippen LogP contribution in [0.1, 0.15) is 12.8 Å². The van der Waals surface area contributed by atoms with E-state index in [0.29, 0.717) is 0 Å². The summed E-state index contributed by atoms with van der Waals surface area (Å²) in [6, 6.07) is 0. The SMILES string of the molecule is C=C[CH2-].[C-]1=CC=CC1.[C-]1=CC=CC1.[Cl-].[Cl-].[Li+].[Ti+4]. The molecule has 0 unspecified atom stereocenters. The Morgan fingerprint density at radius 3 is 1.35 bits per heavy atom. The molecule has 0 spiro atoms. The molecule has 0 aromatic carbocycles. The number of hydrogen-bond acceptors (Lipinski definition) is 0. The van der Waals surface area contributed by atoms with Gasteiger partial charge in [-0.05, 0) is 0 Å². The topological polar surface area (TPSA) is 0 Å². The Balaban J connectivity index is -0.0000000390. The standard InChI is InChI=1S/2C5H5.C3H5.2ClH.Li.Ti/c2*1-2-4-5-3-1;1-3-2;;;;/h2*1-3H,4H2;3H,1-2H2;2*1H;;/q3*-1;;;+1;+4/p-2. The second-order valence-electron chi connectivity index (χ2n) is 2.29. The van der Waals surface area contributed by atoms with Gasteiger partial charge < -0.3 is 24.8 Å². The van der Waals surface area contributed by atoms with Crippen LogP contribution in [0.3, 0.4) is 0 Å². The van der Waals surface area contributed by atoms with Crippen molar-refractivity contribution in [3.8, 4) is 0 Å². The van der Waals surface area contributed by atoms with Crippen LogP contribution < -0.4 is 43.7 Å². The summed E-state index contributed by atoms with van der Waals surface area (Å²) < 4.78 is 0. The molecule has 4 heteroatoms. The van der Waals surface area contributed by atoms with Crippen LogP contribution in [0.15, 0.2) is 49.1 Å². The van der Waals surface area contributed by atoms with Gasteiger partial charge in [0, 0.05) is 0 Å². The molecule has 0 saturated carbocycles. The third-order valence-electron chi connectivity index (χ3n) is 1.17. The second-order valence-corrected chi connectivity index (χ2v) is 2.29. The summed E-state index contributed by atoms with van der Waals surface area (Å²) in [6.45, 7) is 6.50. The Labute approximate surface area is 145 Å². The zero-order valence-corrected chi connectivity index (χ0v) is 13.2. The van der Waals surface area contributed by atoms with Crippen LogP contribution in [0.2, 0.25) is 0 Å². The van der Waals surface area contributed by atoms with E-state index in [-0.39, 0.29) is 65.4 Å². The molecule has 0 fully saturated rings. The summed E-state index contributed by atoms with van der Waals surface area (Å²) in [5, 5.41) is 0. The van der Waals surface area contributed by atoms with Gasteiger partial charge in [-0.2, -0.15) is 12.2 Å².